The van der Waals surface area contributed by atoms with Crippen molar-refractivity contribution in [1.29, 1.82) is 0 Å². The summed E-state index contributed by atoms with van der Waals surface area (Å²) >= 11 is 0. The number of likely N-dealkylation sites (tertiary alicyclic amines) is 1. The van der Waals surface area contributed by atoms with Crippen molar-refractivity contribution < 1.29 is 24.0 Å². The molecule has 1 amide bonds. The summed E-state index contributed by atoms with van der Waals surface area (Å²) < 4.78 is 10.7. The van der Waals surface area contributed by atoms with Crippen molar-refractivity contribution in [2.75, 3.05) is 13.1 Å². The number of piperidine rings is 2. The van der Waals surface area contributed by atoms with Crippen molar-refractivity contribution in [2.45, 2.75) is 89.6 Å². The number of fused-ring (bicyclic) bond motifs is 2. The lowest BCUT2D eigenvalue weighted by atomic mass is 9.91. The number of carbonyl (C=O) groups is 2. The van der Waals surface area contributed by atoms with Gasteiger partial charge in [0.25, 0.3) is 0 Å². The number of oxime groups is 1. The number of ether oxygens (including phenoxy) is 2. The van der Waals surface area contributed by atoms with Gasteiger partial charge in [-0.05, 0) is 83.1 Å². The van der Waals surface area contributed by atoms with E-state index in [-0.39, 0.29) is 11.9 Å². The highest BCUT2D eigenvalue weighted by Gasteiger charge is 2.42. The van der Waals surface area contributed by atoms with Gasteiger partial charge in [0, 0.05) is 18.1 Å². The van der Waals surface area contributed by atoms with Crippen LogP contribution in [0.1, 0.15) is 64.9 Å². The zero-order valence-corrected chi connectivity index (χ0v) is 21.0. The molecule has 3 atom stereocenters. The predicted octanol–water partition coefficient (Wildman–Crippen LogP) is 3.84. The van der Waals surface area contributed by atoms with E-state index in [1.165, 1.54) is 0 Å². The van der Waals surface area contributed by atoms with E-state index in [4.69, 9.17) is 14.4 Å². The highest BCUT2D eigenvalue weighted by atomic mass is 16.8. The molecule has 192 valence electrons. The average molecular weight is 487 g/mol. The zero-order chi connectivity index (χ0) is 24.8. The molecule has 1 N–H and O–H groups in total. The van der Waals surface area contributed by atoms with E-state index in [1.54, 1.807) is 27.1 Å². The van der Waals surface area contributed by atoms with E-state index in [0.717, 1.165) is 57.2 Å². The summed E-state index contributed by atoms with van der Waals surface area (Å²) in [5.74, 6) is -0.0758. The molecular weight excluding hydrogens is 448 g/mol. The number of hydrogen-bond donors (Lipinski definition) is 1. The first kappa shape index (κ1) is 25.3. The van der Waals surface area contributed by atoms with Crippen molar-refractivity contribution in [1.82, 2.24) is 15.3 Å². The van der Waals surface area contributed by atoms with Crippen LogP contribution < -0.4 is 5.48 Å². The van der Waals surface area contributed by atoms with Gasteiger partial charge in [-0.2, -0.15) is 0 Å². The summed E-state index contributed by atoms with van der Waals surface area (Å²) in [6.07, 6.45) is 7.16. The van der Waals surface area contributed by atoms with E-state index in [2.05, 4.69) is 20.4 Å². The highest BCUT2D eigenvalue weighted by molar-refractivity contribution is 5.72. The smallest absolute Gasteiger partial charge is 0.443 e. The van der Waals surface area contributed by atoms with Gasteiger partial charge >= 0.3 is 12.1 Å². The lowest BCUT2D eigenvalue weighted by molar-refractivity contribution is -0.151. The number of benzene rings is 1. The second-order valence-corrected chi connectivity index (χ2v) is 10.8. The largest absolute Gasteiger partial charge is 0.461 e. The van der Waals surface area contributed by atoms with Crippen LogP contribution in [-0.4, -0.2) is 65.0 Å². The minimum atomic E-state index is -0.663. The number of nitrogens with one attached hydrogen (secondary N) is 1. The maximum Gasteiger partial charge on any atom is 0.443 e. The lowest BCUT2D eigenvalue weighted by Gasteiger charge is -2.44. The summed E-state index contributed by atoms with van der Waals surface area (Å²) in [6, 6.07) is 11.2. The number of hydroxylamine groups is 1. The van der Waals surface area contributed by atoms with Crippen molar-refractivity contribution in [3.63, 3.8) is 0 Å². The van der Waals surface area contributed by atoms with Gasteiger partial charge in [-0.1, -0.05) is 30.3 Å². The summed E-state index contributed by atoms with van der Waals surface area (Å²) in [5, 5.41) is 3.94. The fourth-order valence-corrected chi connectivity index (χ4v) is 5.46. The van der Waals surface area contributed by atoms with Crippen LogP contribution >= 0.6 is 0 Å². The molecule has 0 radical (unpaired) electrons. The van der Waals surface area contributed by atoms with E-state index in [9.17, 15) is 9.59 Å². The molecule has 3 aliphatic rings. The monoisotopic (exact) mass is 486 g/mol. The predicted molar refractivity (Wildman–Crippen MR) is 131 cm³/mol. The molecule has 0 aliphatic carbocycles. The van der Waals surface area contributed by atoms with Crippen LogP contribution in [0.2, 0.25) is 0 Å². The third-order valence-electron chi connectivity index (χ3n) is 7.13. The standard InChI is InChI=1S/C26H38N4O5/c1-26(2,3)34-25(32)28-35-27-18-30-21-9-10-22(30)16-23(15-21)29-13-11-20(12-14-29)24(31)33-17-19-7-5-4-6-8-19/h4-8,18,20-23H,9-17H2,1-3H3,(H,28,32)/t21-,22+,23?. The Morgan fingerprint density at radius 3 is 2.31 bits per heavy atom. The molecule has 2 bridgehead atoms. The van der Waals surface area contributed by atoms with Gasteiger partial charge < -0.3 is 19.3 Å². The Kier molecular flexibility index (Phi) is 8.15. The molecule has 3 heterocycles. The molecule has 1 unspecified atom stereocenters. The molecule has 9 heteroatoms. The molecule has 0 saturated carbocycles. The second kappa shape index (κ2) is 11.3. The average Bonchev–Trinajstić information content (AvgIpc) is 3.06. The normalized spacial score (nSPS) is 25.5. The van der Waals surface area contributed by atoms with Crippen LogP contribution in [0.5, 0.6) is 0 Å². The van der Waals surface area contributed by atoms with Crippen LogP contribution in [0.4, 0.5) is 4.79 Å². The first-order chi connectivity index (χ1) is 16.8. The molecule has 35 heavy (non-hydrogen) atoms. The van der Waals surface area contributed by atoms with Gasteiger partial charge in [0.2, 0.25) is 0 Å². The molecule has 3 fully saturated rings. The maximum absolute atomic E-state index is 12.5. The van der Waals surface area contributed by atoms with Crippen LogP contribution in [0.3, 0.4) is 0 Å². The number of amides is 1. The number of carbonyl (C=O) groups excluding carboxylic acids is 2. The quantitative estimate of drug-likeness (QED) is 0.271. The number of esters is 1. The van der Waals surface area contributed by atoms with Crippen molar-refractivity contribution in [2.24, 2.45) is 11.1 Å². The number of nitrogens with zero attached hydrogens (tertiary/aromatic N) is 3. The first-order valence-corrected chi connectivity index (χ1v) is 12.7. The SMILES string of the molecule is CC(C)(C)OC(=O)NON=CN1[C@@H]2CC[C@H]1CC(N1CCC(C(=O)OCc3ccccc3)CC1)C2. The van der Waals surface area contributed by atoms with Gasteiger partial charge in [-0.25, -0.2) is 4.79 Å². The van der Waals surface area contributed by atoms with Crippen molar-refractivity contribution in [3.05, 3.63) is 35.9 Å². The third-order valence-corrected chi connectivity index (χ3v) is 7.13. The molecule has 1 aromatic rings. The van der Waals surface area contributed by atoms with Crippen molar-refractivity contribution in [3.8, 4) is 0 Å². The fraction of sp³-hybridized carbons (Fsp3) is 0.654. The summed E-state index contributed by atoms with van der Waals surface area (Å²) in [4.78, 5) is 34.0. The van der Waals surface area contributed by atoms with Crippen LogP contribution in [0.15, 0.2) is 35.5 Å². The Bertz CT molecular complexity index is 865. The number of rotatable bonds is 7. The summed E-state index contributed by atoms with van der Waals surface area (Å²) in [5.41, 5.74) is 2.62. The van der Waals surface area contributed by atoms with Crippen LogP contribution in [-0.2, 0) is 25.8 Å². The highest BCUT2D eigenvalue weighted by Crippen LogP contribution is 2.37. The molecule has 0 spiro atoms. The molecule has 9 nitrogen and oxygen atoms in total. The van der Waals surface area contributed by atoms with Gasteiger partial charge in [-0.3, -0.25) is 9.73 Å². The van der Waals surface area contributed by atoms with E-state index >= 15 is 0 Å². The molecular formula is C26H38N4O5. The van der Waals surface area contributed by atoms with Crippen LogP contribution in [0, 0.1) is 5.92 Å². The maximum atomic E-state index is 12.5. The van der Waals surface area contributed by atoms with E-state index in [0.29, 0.717) is 24.7 Å². The van der Waals surface area contributed by atoms with Gasteiger partial charge in [0.15, 0.2) is 0 Å². The van der Waals surface area contributed by atoms with E-state index < -0.39 is 11.7 Å². The van der Waals surface area contributed by atoms with Gasteiger partial charge in [0.05, 0.1) is 5.92 Å². The molecule has 4 rings (SSSR count). The molecule has 1 aromatic carbocycles. The topological polar surface area (TPSA) is 92.7 Å². The Morgan fingerprint density at radius 2 is 1.69 bits per heavy atom. The Hall–Kier alpha value is -2.81. The summed E-state index contributed by atoms with van der Waals surface area (Å²) in [7, 11) is 0. The Morgan fingerprint density at radius 1 is 1.03 bits per heavy atom. The molecule has 0 aromatic heterocycles. The van der Waals surface area contributed by atoms with E-state index in [1.807, 2.05) is 30.3 Å². The summed E-state index contributed by atoms with van der Waals surface area (Å²) in [6.45, 7) is 7.59. The Labute approximate surface area is 207 Å². The lowest BCUT2D eigenvalue weighted by Crippen LogP contribution is -2.52. The van der Waals surface area contributed by atoms with Gasteiger partial charge in [0.1, 0.15) is 18.5 Å². The Balaban J connectivity index is 1.18. The van der Waals surface area contributed by atoms with Gasteiger partial charge in [-0.15, -0.1) is 5.48 Å². The number of hydrogen-bond acceptors (Lipinski definition) is 7. The first-order valence-electron chi connectivity index (χ1n) is 12.7. The van der Waals surface area contributed by atoms with Crippen LogP contribution in [0.25, 0.3) is 0 Å². The second-order valence-electron chi connectivity index (χ2n) is 10.8. The minimum Gasteiger partial charge on any atom is -0.461 e. The minimum absolute atomic E-state index is 0.00599. The molecule has 3 aliphatic heterocycles. The fourth-order valence-electron chi connectivity index (χ4n) is 5.46. The molecule has 3 saturated heterocycles. The zero-order valence-electron chi connectivity index (χ0n) is 21.0. The van der Waals surface area contributed by atoms with Crippen molar-refractivity contribution >= 4 is 18.4 Å². The third kappa shape index (κ3) is 7.10.